The fourth-order valence-electron chi connectivity index (χ4n) is 8.51. The minimum absolute atomic E-state index is 0.108. The standard InChI is InChI=1S/2C26H27F3N2O5S/c2*1-24(2,3)36-23(32)12-17-7-8-22-21(11-17)31(15-19(35-22)14-25(16-30)9-10-25)37(33,34)20-6-4-5-18(13-20)26(27,28)29/h2*4-8,11,13,19H,9-10,12,14-15H2,1-3H3/t2*19-/m10/s1. The monoisotopic (exact) mass is 1070 g/mol. The Labute approximate surface area is 425 Å². The molecule has 2 atom stereocenters. The van der Waals surface area contributed by atoms with Crippen molar-refractivity contribution < 1.29 is 71.7 Å². The van der Waals surface area contributed by atoms with E-state index in [1.54, 1.807) is 53.7 Å². The van der Waals surface area contributed by atoms with Crippen LogP contribution in [0.4, 0.5) is 37.7 Å². The van der Waals surface area contributed by atoms with Crippen LogP contribution < -0.4 is 18.1 Å². The van der Waals surface area contributed by atoms with Crippen molar-refractivity contribution in [1.29, 1.82) is 10.5 Å². The largest absolute Gasteiger partial charge is 0.486 e. The number of sulfonamides is 2. The topological polar surface area (TPSA) is 193 Å². The zero-order valence-corrected chi connectivity index (χ0v) is 42.9. The number of benzene rings is 4. The maximum Gasteiger partial charge on any atom is 0.416 e. The number of halogens is 6. The summed E-state index contributed by atoms with van der Waals surface area (Å²) in [5, 5.41) is 19.0. The van der Waals surface area contributed by atoms with E-state index in [0.29, 0.717) is 48.9 Å². The van der Waals surface area contributed by atoms with Crippen molar-refractivity contribution in [2.75, 3.05) is 21.7 Å². The lowest BCUT2D eigenvalue weighted by Gasteiger charge is -2.36. The van der Waals surface area contributed by atoms with Gasteiger partial charge in [-0.05, 0) is 139 Å². The lowest BCUT2D eigenvalue weighted by molar-refractivity contribution is -0.155. The smallest absolute Gasteiger partial charge is 0.416 e. The Hall–Kier alpha value is -6.52. The van der Waals surface area contributed by atoms with Crippen LogP contribution in [0.1, 0.15) is 102 Å². The third-order valence-corrected chi connectivity index (χ3v) is 15.9. The van der Waals surface area contributed by atoms with Crippen LogP contribution in [-0.2, 0) is 64.3 Å². The highest BCUT2D eigenvalue weighted by Crippen LogP contribution is 2.52. The molecule has 4 aromatic carbocycles. The lowest BCUT2D eigenvalue weighted by Crippen LogP contribution is -2.44. The number of hydrogen-bond donors (Lipinski definition) is 0. The summed E-state index contributed by atoms with van der Waals surface area (Å²) in [6.45, 7) is 9.97. The van der Waals surface area contributed by atoms with E-state index in [0.717, 1.165) is 45.0 Å². The Kier molecular flexibility index (Phi) is 14.9. The summed E-state index contributed by atoms with van der Waals surface area (Å²) in [4.78, 5) is 23.7. The number of fused-ring (bicyclic) bond motifs is 2. The van der Waals surface area contributed by atoms with Crippen molar-refractivity contribution in [2.24, 2.45) is 10.8 Å². The molecule has 0 N–H and O–H groups in total. The molecule has 0 radical (unpaired) electrons. The zero-order valence-electron chi connectivity index (χ0n) is 41.3. The van der Waals surface area contributed by atoms with Gasteiger partial charge in [-0.15, -0.1) is 0 Å². The van der Waals surface area contributed by atoms with Crippen molar-refractivity contribution in [3.63, 3.8) is 0 Å². The van der Waals surface area contributed by atoms with Crippen LogP contribution in [0.25, 0.3) is 0 Å². The molecule has 2 saturated carbocycles. The van der Waals surface area contributed by atoms with E-state index in [4.69, 9.17) is 18.9 Å². The van der Waals surface area contributed by atoms with E-state index in [2.05, 4.69) is 12.1 Å². The summed E-state index contributed by atoms with van der Waals surface area (Å²) in [5.41, 5.74) is -3.65. The van der Waals surface area contributed by atoms with Crippen LogP contribution in [-0.4, -0.2) is 65.3 Å². The molecule has 396 valence electrons. The molecule has 74 heavy (non-hydrogen) atoms. The maximum atomic E-state index is 13.7. The van der Waals surface area contributed by atoms with Crippen molar-refractivity contribution in [3.05, 3.63) is 107 Å². The van der Waals surface area contributed by atoms with E-state index in [1.807, 2.05) is 0 Å². The van der Waals surface area contributed by atoms with Crippen molar-refractivity contribution in [3.8, 4) is 23.6 Å². The first-order valence-corrected chi connectivity index (χ1v) is 26.4. The summed E-state index contributed by atoms with van der Waals surface area (Å²) in [5.74, 6) is -0.625. The van der Waals surface area contributed by atoms with Gasteiger partial charge >= 0.3 is 24.3 Å². The molecule has 14 nitrogen and oxygen atoms in total. The Morgan fingerprint density at radius 3 is 1.24 bits per heavy atom. The van der Waals surface area contributed by atoms with Crippen LogP contribution in [0.15, 0.2) is 94.7 Å². The molecule has 2 aliphatic carbocycles. The second-order valence-corrected chi connectivity index (χ2v) is 24.7. The second kappa shape index (κ2) is 20.0. The van der Waals surface area contributed by atoms with Crippen LogP contribution >= 0.6 is 0 Å². The molecule has 22 heteroatoms. The number of carbonyl (C=O) groups is 2. The predicted molar refractivity (Wildman–Crippen MR) is 257 cm³/mol. The van der Waals surface area contributed by atoms with Crippen LogP contribution in [0.2, 0.25) is 0 Å². The van der Waals surface area contributed by atoms with Gasteiger partial charge in [0.2, 0.25) is 0 Å². The Morgan fingerprint density at radius 1 is 0.595 bits per heavy atom. The number of anilines is 2. The Morgan fingerprint density at radius 2 is 0.946 bits per heavy atom. The minimum atomic E-state index is -4.72. The molecule has 0 saturated heterocycles. The molecule has 2 heterocycles. The first-order valence-electron chi connectivity index (χ1n) is 23.5. The highest BCUT2D eigenvalue weighted by atomic mass is 32.2. The molecular weight excluding hydrogens is 1020 g/mol. The van der Waals surface area contributed by atoms with Crippen molar-refractivity contribution in [2.45, 2.75) is 138 Å². The molecule has 0 bridgehead atoms. The van der Waals surface area contributed by atoms with Gasteiger partial charge in [0.15, 0.2) is 0 Å². The summed E-state index contributed by atoms with van der Waals surface area (Å²) >= 11 is 0. The van der Waals surface area contributed by atoms with Gasteiger partial charge in [0.25, 0.3) is 20.0 Å². The number of nitriles is 2. The number of nitrogens with zero attached hydrogens (tertiary/aromatic N) is 4. The highest BCUT2D eigenvalue weighted by molar-refractivity contribution is 7.93. The molecule has 2 aliphatic heterocycles. The summed E-state index contributed by atoms with van der Waals surface area (Å²) < 4.78 is 159. The molecule has 2 fully saturated rings. The summed E-state index contributed by atoms with van der Waals surface area (Å²) in [7, 11) is -8.91. The zero-order chi connectivity index (χ0) is 54.5. The predicted octanol–water partition coefficient (Wildman–Crippen LogP) is 10.5. The minimum Gasteiger partial charge on any atom is -0.486 e. The first-order chi connectivity index (χ1) is 34.2. The third-order valence-electron chi connectivity index (χ3n) is 12.4. The quantitative estimate of drug-likeness (QED) is 0.0964. The number of carbonyl (C=O) groups excluding carboxylic acids is 2. The van der Waals surface area contributed by atoms with Gasteiger partial charge in [-0.25, -0.2) is 16.8 Å². The summed E-state index contributed by atoms with van der Waals surface area (Å²) in [6.07, 6.45) is -7.79. The van der Waals surface area contributed by atoms with Crippen LogP contribution in [0.3, 0.4) is 0 Å². The average Bonchev–Trinajstić information content (AvgIpc) is 4.25. The number of alkyl halides is 6. The maximum absolute atomic E-state index is 13.7. The van der Waals surface area contributed by atoms with Crippen molar-refractivity contribution >= 4 is 43.4 Å². The third kappa shape index (κ3) is 13.2. The molecule has 4 aliphatic rings. The molecule has 0 aromatic heterocycles. The van der Waals surface area contributed by atoms with E-state index in [9.17, 15) is 63.3 Å². The van der Waals surface area contributed by atoms with Gasteiger partial charge in [-0.1, -0.05) is 24.3 Å². The number of rotatable bonds is 12. The van der Waals surface area contributed by atoms with E-state index < -0.39 is 99.5 Å². The van der Waals surface area contributed by atoms with Gasteiger partial charge in [0, 0.05) is 12.8 Å². The van der Waals surface area contributed by atoms with Gasteiger partial charge in [0.05, 0.1) is 81.2 Å². The SMILES string of the molecule is CC(C)(C)OC(=O)Cc1ccc2c(c1)N(S(=O)(=O)c1cccc(C(F)(F)F)c1)C[C@@H](CC1(C#N)CC1)O2.CC(C)(C)OC(=O)Cc1ccc2c(c1)N(S(=O)(=O)c1cccc(C(F)(F)F)c1)C[C@H](CC1(C#N)CC1)O2. The van der Waals surface area contributed by atoms with Gasteiger partial charge < -0.3 is 18.9 Å². The first kappa shape index (κ1) is 55.2. The average molecular weight is 1070 g/mol. The molecule has 0 spiro atoms. The van der Waals surface area contributed by atoms with Crippen molar-refractivity contribution in [1.82, 2.24) is 0 Å². The van der Waals surface area contributed by atoms with Crippen LogP contribution in [0, 0.1) is 33.5 Å². The Bertz CT molecular complexity index is 2920. The lowest BCUT2D eigenvalue weighted by atomic mass is 9.99. The summed E-state index contributed by atoms with van der Waals surface area (Å²) in [6, 6.07) is 20.8. The normalized spacial score (nSPS) is 18.8. The van der Waals surface area contributed by atoms with E-state index in [1.165, 1.54) is 24.3 Å². The molecule has 0 unspecified atom stereocenters. The second-order valence-electron chi connectivity index (χ2n) is 20.9. The Balaban J connectivity index is 0.000000216. The van der Waals surface area contributed by atoms with Gasteiger partial charge in [-0.2, -0.15) is 36.9 Å². The molecule has 8 rings (SSSR count). The van der Waals surface area contributed by atoms with Crippen LogP contribution in [0.5, 0.6) is 11.5 Å². The van der Waals surface area contributed by atoms with E-state index >= 15 is 0 Å². The number of ether oxygens (including phenoxy) is 4. The van der Waals surface area contributed by atoms with Gasteiger partial charge in [-0.3, -0.25) is 18.2 Å². The molecular formula is C52H54F6N4O10S2. The molecule has 4 aromatic rings. The number of esters is 2. The van der Waals surface area contributed by atoms with E-state index in [-0.39, 0.29) is 61.6 Å². The highest BCUT2D eigenvalue weighted by Gasteiger charge is 2.49. The molecule has 0 amide bonds. The fraction of sp³-hybridized carbons (Fsp3) is 0.462. The number of hydrogen-bond acceptors (Lipinski definition) is 12. The van der Waals surface area contributed by atoms with Gasteiger partial charge in [0.1, 0.15) is 34.9 Å². The fourth-order valence-corrected chi connectivity index (χ4v) is 11.6.